The molecule has 3 rings (SSSR count). The van der Waals surface area contributed by atoms with Gasteiger partial charge in [-0.3, -0.25) is 4.72 Å². The maximum atomic E-state index is 11.4. The van der Waals surface area contributed by atoms with Gasteiger partial charge in [-0.15, -0.1) is 11.3 Å². The second kappa shape index (κ2) is 9.89. The highest BCUT2D eigenvalue weighted by atomic mass is 35.5. The molecule has 0 saturated carbocycles. The highest BCUT2D eigenvalue weighted by Crippen LogP contribution is 2.26. The molecular weight excluding hydrogens is 442 g/mol. The maximum absolute atomic E-state index is 11.4. The van der Waals surface area contributed by atoms with Crippen molar-refractivity contribution in [2.75, 3.05) is 24.1 Å². The summed E-state index contributed by atoms with van der Waals surface area (Å²) >= 11 is 7.66. The van der Waals surface area contributed by atoms with Crippen molar-refractivity contribution >= 4 is 38.6 Å². The Bertz CT molecular complexity index is 1100. The van der Waals surface area contributed by atoms with Gasteiger partial charge < -0.3 is 10.4 Å². The number of aliphatic hydroxyl groups excluding tert-OH is 1. The van der Waals surface area contributed by atoms with Crippen molar-refractivity contribution in [3.63, 3.8) is 0 Å². The molecule has 0 spiro atoms. The molecule has 0 aliphatic carbocycles. The van der Waals surface area contributed by atoms with E-state index in [-0.39, 0.29) is 10.7 Å². The van der Waals surface area contributed by atoms with Gasteiger partial charge in [0.25, 0.3) is 0 Å². The van der Waals surface area contributed by atoms with Gasteiger partial charge in [-0.05, 0) is 43.1 Å². The summed E-state index contributed by atoms with van der Waals surface area (Å²) in [5.74, 6) is 0. The van der Waals surface area contributed by atoms with Crippen LogP contribution in [-0.2, 0) is 16.4 Å². The summed E-state index contributed by atoms with van der Waals surface area (Å²) in [6.45, 7) is 3.04. The quantitative estimate of drug-likeness (QED) is 0.415. The summed E-state index contributed by atoms with van der Waals surface area (Å²) < 4.78 is 25.2. The lowest BCUT2D eigenvalue weighted by atomic mass is 10.1. The summed E-state index contributed by atoms with van der Waals surface area (Å²) in [6.07, 6.45) is 1.10. The fourth-order valence-corrected chi connectivity index (χ4v) is 4.37. The summed E-state index contributed by atoms with van der Waals surface area (Å²) in [5.41, 5.74) is 4.14. The van der Waals surface area contributed by atoms with Gasteiger partial charge in [0.1, 0.15) is 0 Å². The SMILES string of the molecule is Cc1nc(-c2ccc(CCNC[C@H](O)c3ccc(Cl)c(NS(C)(=O)=O)c3)cc2)cs1. The molecule has 1 heterocycles. The van der Waals surface area contributed by atoms with Crippen LogP contribution in [0.15, 0.2) is 47.8 Å². The van der Waals surface area contributed by atoms with Crippen molar-refractivity contribution in [2.45, 2.75) is 19.4 Å². The molecule has 0 unspecified atom stereocenters. The van der Waals surface area contributed by atoms with Crippen LogP contribution in [0.25, 0.3) is 11.3 Å². The summed E-state index contributed by atoms with van der Waals surface area (Å²) in [4.78, 5) is 4.50. The lowest BCUT2D eigenvalue weighted by Gasteiger charge is -2.15. The Morgan fingerprint density at radius 1 is 1.20 bits per heavy atom. The number of aliphatic hydroxyl groups is 1. The van der Waals surface area contributed by atoms with Gasteiger partial charge >= 0.3 is 0 Å². The number of anilines is 1. The summed E-state index contributed by atoms with van der Waals surface area (Å²) in [5, 5.41) is 17.0. The van der Waals surface area contributed by atoms with Crippen molar-refractivity contribution in [1.82, 2.24) is 10.3 Å². The smallest absolute Gasteiger partial charge is 0.229 e. The zero-order chi connectivity index (χ0) is 21.7. The summed E-state index contributed by atoms with van der Waals surface area (Å²) in [7, 11) is -3.45. The van der Waals surface area contributed by atoms with Gasteiger partial charge in [0.05, 0.1) is 33.8 Å². The van der Waals surface area contributed by atoms with Crippen LogP contribution in [0.1, 0.15) is 22.2 Å². The van der Waals surface area contributed by atoms with E-state index in [1.807, 2.05) is 6.92 Å². The molecule has 3 aromatic rings. The lowest BCUT2D eigenvalue weighted by Crippen LogP contribution is -2.24. The van der Waals surface area contributed by atoms with E-state index in [0.29, 0.717) is 18.7 Å². The number of hydrogen-bond donors (Lipinski definition) is 3. The van der Waals surface area contributed by atoms with E-state index < -0.39 is 16.1 Å². The minimum atomic E-state index is -3.45. The summed E-state index contributed by atoms with van der Waals surface area (Å²) in [6, 6.07) is 13.1. The maximum Gasteiger partial charge on any atom is 0.229 e. The highest BCUT2D eigenvalue weighted by molar-refractivity contribution is 7.92. The number of nitrogens with one attached hydrogen (secondary N) is 2. The molecule has 3 N–H and O–H groups in total. The molecule has 2 aromatic carbocycles. The Balaban J connectivity index is 1.50. The van der Waals surface area contributed by atoms with Crippen LogP contribution in [0, 0.1) is 6.92 Å². The van der Waals surface area contributed by atoms with Crippen LogP contribution < -0.4 is 10.0 Å². The molecule has 0 aliphatic rings. The standard InChI is InChI=1S/C21H24ClN3O3S2/c1-14-24-20(13-29-14)16-5-3-15(4-6-16)9-10-23-12-21(26)17-7-8-18(22)19(11-17)25-30(2,27)28/h3-8,11,13,21,23,25-26H,9-10,12H2,1-2H3/t21-/m0/s1. The number of rotatable bonds is 9. The number of nitrogens with zero attached hydrogens (tertiary/aromatic N) is 1. The van der Waals surface area contributed by atoms with Crippen molar-refractivity contribution < 1.29 is 13.5 Å². The van der Waals surface area contributed by atoms with Crippen LogP contribution in [0.5, 0.6) is 0 Å². The molecule has 0 aliphatic heterocycles. The predicted octanol–water partition coefficient (Wildman–Crippen LogP) is 4.01. The molecule has 0 saturated heterocycles. The normalized spacial score (nSPS) is 12.7. The molecular formula is C21H24ClN3O3S2. The largest absolute Gasteiger partial charge is 0.387 e. The first kappa shape index (κ1) is 22.7. The molecule has 30 heavy (non-hydrogen) atoms. The minimum Gasteiger partial charge on any atom is -0.387 e. The molecule has 0 amide bonds. The van der Waals surface area contributed by atoms with Gasteiger partial charge in [-0.2, -0.15) is 0 Å². The van der Waals surface area contributed by atoms with E-state index in [4.69, 9.17) is 11.6 Å². The zero-order valence-corrected chi connectivity index (χ0v) is 19.1. The first-order valence-electron chi connectivity index (χ1n) is 9.39. The molecule has 160 valence electrons. The number of benzene rings is 2. The molecule has 1 aromatic heterocycles. The number of sulfonamides is 1. The fraction of sp³-hybridized carbons (Fsp3) is 0.286. The van der Waals surface area contributed by atoms with E-state index in [1.54, 1.807) is 29.5 Å². The molecule has 9 heteroatoms. The molecule has 0 bridgehead atoms. The Morgan fingerprint density at radius 2 is 1.93 bits per heavy atom. The third-order valence-electron chi connectivity index (χ3n) is 4.47. The van der Waals surface area contributed by atoms with Crippen molar-refractivity contribution in [2.24, 2.45) is 0 Å². The van der Waals surface area contributed by atoms with Crippen LogP contribution in [0.4, 0.5) is 5.69 Å². The van der Waals surface area contributed by atoms with Gasteiger partial charge in [0, 0.05) is 17.5 Å². The first-order chi connectivity index (χ1) is 14.2. The minimum absolute atomic E-state index is 0.256. The number of hydrogen-bond acceptors (Lipinski definition) is 6. The van der Waals surface area contributed by atoms with Crippen LogP contribution >= 0.6 is 22.9 Å². The van der Waals surface area contributed by atoms with E-state index in [2.05, 4.69) is 44.7 Å². The average molecular weight is 466 g/mol. The zero-order valence-electron chi connectivity index (χ0n) is 16.7. The topological polar surface area (TPSA) is 91.3 Å². The predicted molar refractivity (Wildman–Crippen MR) is 124 cm³/mol. The molecule has 1 atom stereocenters. The fourth-order valence-electron chi connectivity index (χ4n) is 2.96. The van der Waals surface area contributed by atoms with Crippen LogP contribution in [0.3, 0.4) is 0 Å². The van der Waals surface area contributed by atoms with E-state index >= 15 is 0 Å². The Morgan fingerprint density at radius 3 is 2.57 bits per heavy atom. The third kappa shape index (κ3) is 6.52. The number of halogens is 1. The number of aryl methyl sites for hydroxylation is 1. The molecule has 0 fully saturated rings. The van der Waals surface area contributed by atoms with Crippen molar-refractivity contribution in [3.05, 3.63) is 69.0 Å². The Labute approximate surface area is 186 Å². The van der Waals surface area contributed by atoms with Gasteiger partial charge in [0.2, 0.25) is 10.0 Å². The Kier molecular flexibility index (Phi) is 7.49. The van der Waals surface area contributed by atoms with E-state index in [1.165, 1.54) is 5.56 Å². The number of thiazole rings is 1. The third-order valence-corrected chi connectivity index (χ3v) is 6.16. The number of aromatic nitrogens is 1. The first-order valence-corrected chi connectivity index (χ1v) is 12.5. The van der Waals surface area contributed by atoms with Crippen molar-refractivity contribution in [1.29, 1.82) is 0 Å². The molecule has 0 radical (unpaired) electrons. The van der Waals surface area contributed by atoms with Gasteiger partial charge in [-0.1, -0.05) is 41.9 Å². The van der Waals surface area contributed by atoms with Crippen LogP contribution in [-0.4, -0.2) is 37.9 Å². The second-order valence-corrected chi connectivity index (χ2v) is 10.3. The molecule has 6 nitrogen and oxygen atoms in total. The average Bonchev–Trinajstić information content (AvgIpc) is 3.12. The van der Waals surface area contributed by atoms with Gasteiger partial charge in [-0.25, -0.2) is 13.4 Å². The monoisotopic (exact) mass is 465 g/mol. The van der Waals surface area contributed by atoms with E-state index in [9.17, 15) is 13.5 Å². The van der Waals surface area contributed by atoms with Crippen LogP contribution in [0.2, 0.25) is 5.02 Å². The Hall–Kier alpha value is -1.97. The lowest BCUT2D eigenvalue weighted by molar-refractivity contribution is 0.175. The van der Waals surface area contributed by atoms with Gasteiger partial charge in [0.15, 0.2) is 0 Å². The van der Waals surface area contributed by atoms with E-state index in [0.717, 1.165) is 28.9 Å². The van der Waals surface area contributed by atoms with Crippen molar-refractivity contribution in [3.8, 4) is 11.3 Å². The second-order valence-electron chi connectivity index (χ2n) is 7.03. The highest BCUT2D eigenvalue weighted by Gasteiger charge is 2.12.